The summed E-state index contributed by atoms with van der Waals surface area (Å²) >= 11 is 0. The van der Waals surface area contributed by atoms with Gasteiger partial charge in [-0.1, -0.05) is 60.7 Å². The predicted molar refractivity (Wildman–Crippen MR) is 74.7 cm³/mol. The lowest BCUT2D eigenvalue weighted by Crippen LogP contribution is -2.43. The van der Waals surface area contributed by atoms with Crippen molar-refractivity contribution in [2.24, 2.45) is 0 Å². The zero-order chi connectivity index (χ0) is 12.4. The molecule has 18 heavy (non-hydrogen) atoms. The summed E-state index contributed by atoms with van der Waals surface area (Å²) in [7, 11) is -0.00796. The fraction of sp³-hybridized carbons (Fsp3) is 0.200. The Hall–Kier alpha value is -1.58. The highest BCUT2D eigenvalue weighted by molar-refractivity contribution is 6.65. The number of hydrogen-bond acceptors (Lipinski definition) is 2. The first-order valence-electron chi connectivity index (χ1n) is 6.36. The minimum atomic E-state index is -0.00796. The van der Waals surface area contributed by atoms with Crippen LogP contribution in [0.25, 0.3) is 0 Å². The van der Waals surface area contributed by atoms with Crippen molar-refractivity contribution in [1.29, 1.82) is 0 Å². The van der Waals surface area contributed by atoms with Gasteiger partial charge in [0.1, 0.15) is 0 Å². The van der Waals surface area contributed by atoms with Crippen LogP contribution >= 0.6 is 0 Å². The number of nitrogens with one attached hydrogen (secondary N) is 1. The van der Waals surface area contributed by atoms with Crippen LogP contribution in [0.15, 0.2) is 60.7 Å². The van der Waals surface area contributed by atoms with Gasteiger partial charge in [-0.25, -0.2) is 0 Å². The fourth-order valence-corrected chi connectivity index (χ4v) is 2.44. The molecule has 2 atom stereocenters. The minimum absolute atomic E-state index is 0.00796. The molecular formula is C15H16BNO. The average molecular weight is 237 g/mol. The Labute approximate surface area is 108 Å². The lowest BCUT2D eigenvalue weighted by molar-refractivity contribution is 0.223. The summed E-state index contributed by atoms with van der Waals surface area (Å²) in [4.78, 5) is 0. The van der Waals surface area contributed by atoms with Gasteiger partial charge in [0.15, 0.2) is 0 Å². The van der Waals surface area contributed by atoms with E-state index in [2.05, 4.69) is 48.5 Å². The maximum atomic E-state index is 6.13. The molecule has 0 spiro atoms. The monoisotopic (exact) mass is 237 g/mol. The summed E-state index contributed by atoms with van der Waals surface area (Å²) in [5.74, 6) is 0. The molecule has 0 unspecified atom stereocenters. The topological polar surface area (TPSA) is 21.3 Å². The molecule has 1 heterocycles. The molecule has 2 nitrogen and oxygen atoms in total. The van der Waals surface area contributed by atoms with E-state index in [1.165, 1.54) is 11.0 Å². The van der Waals surface area contributed by atoms with Crippen LogP contribution in [0.4, 0.5) is 0 Å². The normalized spacial score (nSPS) is 23.3. The molecule has 1 saturated heterocycles. The molecule has 1 aliphatic rings. The lowest BCUT2D eigenvalue weighted by Gasteiger charge is -2.15. The van der Waals surface area contributed by atoms with Gasteiger partial charge in [-0.3, -0.25) is 0 Å². The van der Waals surface area contributed by atoms with E-state index in [1.807, 2.05) is 24.3 Å². The fourth-order valence-electron chi connectivity index (χ4n) is 2.44. The van der Waals surface area contributed by atoms with E-state index in [1.54, 1.807) is 0 Å². The average Bonchev–Trinajstić information content (AvgIpc) is 2.83. The van der Waals surface area contributed by atoms with Gasteiger partial charge in [-0.05, 0) is 17.9 Å². The highest BCUT2D eigenvalue weighted by Gasteiger charge is 2.36. The molecule has 0 aliphatic carbocycles. The summed E-state index contributed by atoms with van der Waals surface area (Å²) in [6, 6.07) is 21.0. The second-order valence-electron chi connectivity index (χ2n) is 4.71. The van der Waals surface area contributed by atoms with Gasteiger partial charge in [0, 0.05) is 6.04 Å². The maximum Gasteiger partial charge on any atom is 0.416 e. The largest absolute Gasteiger partial charge is 0.416 e. The highest BCUT2D eigenvalue weighted by Crippen LogP contribution is 2.26. The van der Waals surface area contributed by atoms with Crippen LogP contribution in [0.5, 0.6) is 0 Å². The van der Waals surface area contributed by atoms with Crippen molar-refractivity contribution in [3.63, 3.8) is 0 Å². The third-order valence-electron chi connectivity index (χ3n) is 3.38. The van der Waals surface area contributed by atoms with Crippen LogP contribution in [-0.4, -0.2) is 13.1 Å². The van der Waals surface area contributed by atoms with Crippen molar-refractivity contribution in [2.75, 3.05) is 0 Å². The van der Waals surface area contributed by atoms with E-state index in [0.717, 1.165) is 0 Å². The maximum absolute atomic E-state index is 6.13. The van der Waals surface area contributed by atoms with Crippen molar-refractivity contribution in [1.82, 2.24) is 5.23 Å². The molecule has 3 rings (SSSR count). The van der Waals surface area contributed by atoms with E-state index >= 15 is 0 Å². The third-order valence-corrected chi connectivity index (χ3v) is 3.38. The van der Waals surface area contributed by atoms with Gasteiger partial charge in [0.05, 0.1) is 6.10 Å². The molecule has 0 radical (unpaired) electrons. The Kier molecular flexibility index (Phi) is 3.18. The molecule has 1 aliphatic heterocycles. The smallest absolute Gasteiger partial charge is 0.409 e. The first-order chi connectivity index (χ1) is 8.84. The Bertz CT molecular complexity index is 502. The molecule has 0 aromatic heterocycles. The van der Waals surface area contributed by atoms with Crippen LogP contribution < -0.4 is 10.7 Å². The Morgan fingerprint density at radius 2 is 1.56 bits per heavy atom. The van der Waals surface area contributed by atoms with Crippen LogP contribution in [-0.2, 0) is 4.65 Å². The molecule has 0 amide bonds. The van der Waals surface area contributed by atoms with Crippen LogP contribution in [0, 0.1) is 0 Å². The Morgan fingerprint density at radius 1 is 0.944 bits per heavy atom. The van der Waals surface area contributed by atoms with Gasteiger partial charge in [-0.2, -0.15) is 0 Å². The standard InChI is InChI=1S/C15H16BNO/c1-12-15(13-8-4-2-5-9-13)18-16(17-12)14-10-6-3-7-11-14/h2-12,15,17H,1H3/t12-,15-/m1/s1. The number of rotatable bonds is 2. The van der Waals surface area contributed by atoms with Crippen LogP contribution in [0.3, 0.4) is 0 Å². The second kappa shape index (κ2) is 4.97. The molecule has 0 saturated carbocycles. The molecule has 2 aromatic carbocycles. The molecule has 0 bridgehead atoms. The van der Waals surface area contributed by atoms with E-state index in [-0.39, 0.29) is 13.2 Å². The molecule has 2 aromatic rings. The first-order valence-corrected chi connectivity index (χ1v) is 6.36. The van der Waals surface area contributed by atoms with Crippen LogP contribution in [0.1, 0.15) is 18.6 Å². The Balaban J connectivity index is 1.81. The third kappa shape index (κ3) is 2.19. The molecule has 90 valence electrons. The number of hydrogen-bond donors (Lipinski definition) is 1. The molecule has 1 fully saturated rings. The highest BCUT2D eigenvalue weighted by atomic mass is 16.5. The van der Waals surface area contributed by atoms with Gasteiger partial charge in [-0.15, -0.1) is 0 Å². The van der Waals surface area contributed by atoms with Crippen molar-refractivity contribution in [2.45, 2.75) is 19.1 Å². The van der Waals surface area contributed by atoms with Crippen molar-refractivity contribution in [3.8, 4) is 0 Å². The summed E-state index contributed by atoms with van der Waals surface area (Å²) in [5.41, 5.74) is 2.42. The zero-order valence-electron chi connectivity index (χ0n) is 10.4. The van der Waals surface area contributed by atoms with Crippen molar-refractivity contribution < 1.29 is 4.65 Å². The molecular weight excluding hydrogens is 221 g/mol. The van der Waals surface area contributed by atoms with Gasteiger partial charge in [0.25, 0.3) is 0 Å². The quantitative estimate of drug-likeness (QED) is 0.808. The second-order valence-corrected chi connectivity index (χ2v) is 4.71. The van der Waals surface area contributed by atoms with E-state index in [9.17, 15) is 0 Å². The lowest BCUT2D eigenvalue weighted by atomic mass is 9.74. The Morgan fingerprint density at radius 3 is 2.22 bits per heavy atom. The van der Waals surface area contributed by atoms with Gasteiger partial charge < -0.3 is 9.88 Å². The van der Waals surface area contributed by atoms with Crippen molar-refractivity contribution >= 4 is 12.5 Å². The first kappa shape index (κ1) is 11.5. The van der Waals surface area contributed by atoms with Gasteiger partial charge >= 0.3 is 7.05 Å². The summed E-state index contributed by atoms with van der Waals surface area (Å²) in [6.07, 6.45) is 0.122. The van der Waals surface area contributed by atoms with Gasteiger partial charge in [0.2, 0.25) is 0 Å². The van der Waals surface area contributed by atoms with E-state index < -0.39 is 0 Å². The molecule has 3 heteroatoms. The number of benzene rings is 2. The van der Waals surface area contributed by atoms with E-state index in [0.29, 0.717) is 6.04 Å². The summed E-state index contributed by atoms with van der Waals surface area (Å²) in [5, 5.41) is 3.50. The zero-order valence-corrected chi connectivity index (χ0v) is 10.4. The SMILES string of the molecule is C[C@H]1NB(c2ccccc2)O[C@H]1c1ccccc1. The van der Waals surface area contributed by atoms with Crippen LogP contribution in [0.2, 0.25) is 0 Å². The minimum Gasteiger partial charge on any atom is -0.409 e. The van der Waals surface area contributed by atoms with Crippen molar-refractivity contribution in [3.05, 3.63) is 66.2 Å². The predicted octanol–water partition coefficient (Wildman–Crippen LogP) is 2.13. The summed E-state index contributed by atoms with van der Waals surface area (Å²) in [6.45, 7) is 2.17. The van der Waals surface area contributed by atoms with E-state index in [4.69, 9.17) is 4.65 Å². The molecule has 1 N–H and O–H groups in total. The summed E-state index contributed by atoms with van der Waals surface area (Å²) < 4.78 is 6.13.